The van der Waals surface area contributed by atoms with Gasteiger partial charge in [-0.15, -0.1) is 0 Å². The minimum atomic E-state index is 0.354. The Morgan fingerprint density at radius 3 is 2.87 bits per heavy atom. The lowest BCUT2D eigenvalue weighted by atomic mass is 10.1. The molecule has 84 valence electrons. The summed E-state index contributed by atoms with van der Waals surface area (Å²) in [4.78, 5) is 0. The largest absolute Gasteiger partial charge is 0.508 e. The molecule has 0 spiro atoms. The molecule has 3 heteroatoms. The highest BCUT2D eigenvalue weighted by atomic mass is 32.2. The Morgan fingerprint density at radius 2 is 2.27 bits per heavy atom. The van der Waals surface area contributed by atoms with Gasteiger partial charge in [-0.3, -0.25) is 0 Å². The fraction of sp³-hybridized carbons (Fsp3) is 0.500. The van der Waals surface area contributed by atoms with Gasteiger partial charge in [0.1, 0.15) is 5.75 Å². The lowest BCUT2D eigenvalue weighted by Crippen LogP contribution is -2.33. The van der Waals surface area contributed by atoms with Gasteiger partial charge in [-0.1, -0.05) is 19.1 Å². The second-order valence-corrected chi connectivity index (χ2v) is 4.49. The lowest BCUT2D eigenvalue weighted by Gasteiger charge is -2.16. The van der Waals surface area contributed by atoms with Crippen molar-refractivity contribution in [2.75, 3.05) is 18.6 Å². The van der Waals surface area contributed by atoms with E-state index in [1.807, 2.05) is 23.9 Å². The molecule has 0 amide bonds. The van der Waals surface area contributed by atoms with E-state index < -0.39 is 0 Å². The van der Waals surface area contributed by atoms with Gasteiger partial charge in [-0.05, 0) is 36.9 Å². The molecule has 0 aliphatic heterocycles. The topological polar surface area (TPSA) is 32.3 Å². The Bertz CT molecular complexity index is 285. The first kappa shape index (κ1) is 12.4. The van der Waals surface area contributed by atoms with Crippen LogP contribution in [0, 0.1) is 0 Å². The van der Waals surface area contributed by atoms with Crippen LogP contribution in [0.5, 0.6) is 5.75 Å². The predicted molar refractivity (Wildman–Crippen MR) is 67.7 cm³/mol. The summed E-state index contributed by atoms with van der Waals surface area (Å²) in [5.74, 6) is 1.45. The zero-order chi connectivity index (χ0) is 11.1. The molecule has 2 nitrogen and oxygen atoms in total. The summed E-state index contributed by atoms with van der Waals surface area (Å²) in [6.07, 6.45) is 3.09. The Balaban J connectivity index is 2.56. The molecule has 1 unspecified atom stereocenters. The molecule has 0 aromatic heterocycles. The van der Waals surface area contributed by atoms with Gasteiger partial charge in [0.2, 0.25) is 0 Å². The van der Waals surface area contributed by atoms with Crippen molar-refractivity contribution in [3.8, 4) is 5.75 Å². The van der Waals surface area contributed by atoms with Crippen molar-refractivity contribution in [1.82, 2.24) is 5.32 Å². The van der Waals surface area contributed by atoms with Crippen LogP contribution in [0.15, 0.2) is 24.3 Å². The summed E-state index contributed by atoms with van der Waals surface area (Å²) in [5.41, 5.74) is 1.19. The third kappa shape index (κ3) is 4.58. The molecule has 0 fully saturated rings. The molecule has 1 atom stereocenters. The van der Waals surface area contributed by atoms with Crippen molar-refractivity contribution < 1.29 is 5.11 Å². The molecule has 0 heterocycles. The van der Waals surface area contributed by atoms with Crippen LogP contribution < -0.4 is 5.32 Å². The number of thioether (sulfide) groups is 1. The van der Waals surface area contributed by atoms with Gasteiger partial charge in [0.15, 0.2) is 0 Å². The lowest BCUT2D eigenvalue weighted by molar-refractivity contribution is 0.473. The maximum Gasteiger partial charge on any atom is 0.115 e. The summed E-state index contributed by atoms with van der Waals surface area (Å²) >= 11 is 1.85. The third-order valence-corrected chi connectivity index (χ3v) is 2.99. The molecule has 15 heavy (non-hydrogen) atoms. The maximum absolute atomic E-state index is 9.36. The van der Waals surface area contributed by atoms with Crippen molar-refractivity contribution in [3.05, 3.63) is 29.8 Å². The van der Waals surface area contributed by atoms with Crippen molar-refractivity contribution in [3.63, 3.8) is 0 Å². The van der Waals surface area contributed by atoms with Gasteiger partial charge >= 0.3 is 0 Å². The van der Waals surface area contributed by atoms with Crippen LogP contribution in [0.4, 0.5) is 0 Å². The van der Waals surface area contributed by atoms with E-state index in [2.05, 4.69) is 24.6 Å². The number of rotatable bonds is 6. The molecule has 0 bridgehead atoms. The second kappa shape index (κ2) is 6.75. The summed E-state index contributed by atoms with van der Waals surface area (Å²) in [5, 5.41) is 12.8. The first-order valence-electron chi connectivity index (χ1n) is 5.26. The van der Waals surface area contributed by atoms with E-state index in [1.54, 1.807) is 6.07 Å². The average Bonchev–Trinajstić information content (AvgIpc) is 2.18. The Kier molecular flexibility index (Phi) is 5.58. The normalized spacial score (nSPS) is 12.7. The van der Waals surface area contributed by atoms with Crippen LogP contribution in [-0.2, 0) is 6.42 Å². The van der Waals surface area contributed by atoms with Gasteiger partial charge in [0.05, 0.1) is 0 Å². The van der Waals surface area contributed by atoms with Crippen LogP contribution in [0.25, 0.3) is 0 Å². The average molecular weight is 225 g/mol. The molecule has 1 aromatic carbocycles. The van der Waals surface area contributed by atoms with Gasteiger partial charge in [-0.25, -0.2) is 0 Å². The fourth-order valence-corrected chi connectivity index (χ4v) is 2.29. The molecule has 2 N–H and O–H groups in total. The quantitative estimate of drug-likeness (QED) is 0.779. The van der Waals surface area contributed by atoms with E-state index >= 15 is 0 Å². The number of nitrogens with one attached hydrogen (secondary N) is 1. The Morgan fingerprint density at radius 1 is 1.47 bits per heavy atom. The SMILES string of the molecule is CCNC(CSC)Cc1cccc(O)c1. The van der Waals surface area contributed by atoms with Crippen molar-refractivity contribution >= 4 is 11.8 Å². The highest BCUT2D eigenvalue weighted by Gasteiger charge is 2.07. The van der Waals surface area contributed by atoms with Crippen LogP contribution in [0.1, 0.15) is 12.5 Å². The zero-order valence-electron chi connectivity index (χ0n) is 9.36. The standard InChI is InChI=1S/C12H19NOS/c1-3-13-11(9-15-2)7-10-5-4-6-12(14)8-10/h4-6,8,11,13-14H,3,7,9H2,1-2H3. The van der Waals surface area contributed by atoms with E-state index in [-0.39, 0.29) is 0 Å². The third-order valence-electron chi connectivity index (χ3n) is 2.25. The summed E-state index contributed by atoms with van der Waals surface area (Å²) in [7, 11) is 0. The van der Waals surface area contributed by atoms with Gasteiger partial charge < -0.3 is 10.4 Å². The van der Waals surface area contributed by atoms with Crippen molar-refractivity contribution in [2.24, 2.45) is 0 Å². The van der Waals surface area contributed by atoms with Crippen molar-refractivity contribution in [2.45, 2.75) is 19.4 Å². The van der Waals surface area contributed by atoms with Crippen LogP contribution in [0.2, 0.25) is 0 Å². The Labute approximate surface area is 96.1 Å². The first-order valence-corrected chi connectivity index (χ1v) is 6.66. The number of benzene rings is 1. The number of phenols is 1. The van der Waals surface area contributed by atoms with Crippen molar-refractivity contribution in [1.29, 1.82) is 0 Å². The predicted octanol–water partition coefficient (Wildman–Crippen LogP) is 2.28. The minimum absolute atomic E-state index is 0.354. The molecule has 0 aliphatic rings. The molecule has 1 rings (SSSR count). The fourth-order valence-electron chi connectivity index (χ4n) is 1.65. The summed E-state index contributed by atoms with van der Waals surface area (Å²) in [6.45, 7) is 3.11. The first-order chi connectivity index (χ1) is 7.26. The maximum atomic E-state index is 9.36. The minimum Gasteiger partial charge on any atom is -0.508 e. The molecular formula is C12H19NOS. The smallest absolute Gasteiger partial charge is 0.115 e. The summed E-state index contributed by atoms with van der Waals surface area (Å²) in [6, 6.07) is 7.99. The van der Waals surface area contributed by atoms with Gasteiger partial charge in [-0.2, -0.15) is 11.8 Å². The van der Waals surface area contributed by atoms with Crippen LogP contribution >= 0.6 is 11.8 Å². The molecule has 1 aromatic rings. The summed E-state index contributed by atoms with van der Waals surface area (Å²) < 4.78 is 0. The van der Waals surface area contributed by atoms with Gasteiger partial charge in [0.25, 0.3) is 0 Å². The number of aromatic hydroxyl groups is 1. The number of phenolic OH excluding ortho intramolecular Hbond substituents is 1. The number of hydrogen-bond acceptors (Lipinski definition) is 3. The van der Waals surface area contributed by atoms with E-state index in [4.69, 9.17) is 0 Å². The Hall–Kier alpha value is -0.670. The molecule has 0 aliphatic carbocycles. The van der Waals surface area contributed by atoms with Crippen LogP contribution in [0.3, 0.4) is 0 Å². The monoisotopic (exact) mass is 225 g/mol. The number of likely N-dealkylation sites (N-methyl/N-ethyl adjacent to an activating group) is 1. The zero-order valence-corrected chi connectivity index (χ0v) is 10.2. The van der Waals surface area contributed by atoms with E-state index in [0.29, 0.717) is 11.8 Å². The highest BCUT2D eigenvalue weighted by Crippen LogP contribution is 2.13. The molecule has 0 saturated carbocycles. The second-order valence-electron chi connectivity index (χ2n) is 3.58. The highest BCUT2D eigenvalue weighted by molar-refractivity contribution is 7.98. The molecule has 0 saturated heterocycles. The van der Waals surface area contributed by atoms with E-state index in [9.17, 15) is 5.11 Å². The molecule has 0 radical (unpaired) electrons. The van der Waals surface area contributed by atoms with E-state index in [1.165, 1.54) is 5.56 Å². The van der Waals surface area contributed by atoms with E-state index in [0.717, 1.165) is 18.7 Å². The molecular weight excluding hydrogens is 206 g/mol. The number of hydrogen-bond donors (Lipinski definition) is 2. The van der Waals surface area contributed by atoms with Crippen LogP contribution in [-0.4, -0.2) is 29.7 Å². The van der Waals surface area contributed by atoms with Gasteiger partial charge in [0, 0.05) is 11.8 Å².